The molecule has 146 valence electrons. The van der Waals surface area contributed by atoms with Gasteiger partial charge < -0.3 is 19.3 Å². The molecule has 1 N–H and O–H groups in total. The highest BCUT2D eigenvalue weighted by Gasteiger charge is 2.20. The second-order valence-electron chi connectivity index (χ2n) is 5.67. The maximum atomic E-state index is 12.5. The van der Waals surface area contributed by atoms with Gasteiger partial charge >= 0.3 is 6.61 Å². The minimum absolute atomic E-state index is 0.0131. The first-order chi connectivity index (χ1) is 13.4. The monoisotopic (exact) mass is 408 g/mol. The Morgan fingerprint density at radius 2 is 1.96 bits per heavy atom. The van der Waals surface area contributed by atoms with E-state index < -0.39 is 12.5 Å². The van der Waals surface area contributed by atoms with Crippen molar-refractivity contribution in [3.63, 3.8) is 0 Å². The second kappa shape index (κ2) is 8.71. The van der Waals surface area contributed by atoms with Crippen LogP contribution in [0, 0.1) is 6.92 Å². The Labute approximate surface area is 164 Å². The number of anilines is 1. The maximum absolute atomic E-state index is 12.5. The molecule has 0 aliphatic heterocycles. The van der Waals surface area contributed by atoms with Crippen molar-refractivity contribution in [2.24, 2.45) is 0 Å². The zero-order chi connectivity index (χ0) is 20.1. The number of aromatic nitrogens is 1. The summed E-state index contributed by atoms with van der Waals surface area (Å²) in [5.41, 5.74) is 0.927. The quantitative estimate of drug-likeness (QED) is 0.591. The Kier molecular flexibility index (Phi) is 6.10. The summed E-state index contributed by atoms with van der Waals surface area (Å²) in [6.07, 6.45) is 0. The van der Waals surface area contributed by atoms with Gasteiger partial charge in [-0.15, -0.1) is 0 Å². The summed E-state index contributed by atoms with van der Waals surface area (Å²) in [4.78, 5) is 12.5. The number of rotatable bonds is 7. The average molecular weight is 409 g/mol. The van der Waals surface area contributed by atoms with Gasteiger partial charge in [-0.3, -0.25) is 4.79 Å². The molecule has 6 nitrogen and oxygen atoms in total. The van der Waals surface area contributed by atoms with E-state index >= 15 is 0 Å². The van der Waals surface area contributed by atoms with Gasteiger partial charge in [0.25, 0.3) is 5.91 Å². The molecular formula is C19H15ClF2N2O4. The van der Waals surface area contributed by atoms with Crippen LogP contribution in [0.3, 0.4) is 0 Å². The minimum atomic E-state index is -2.92. The fourth-order valence-electron chi connectivity index (χ4n) is 2.36. The summed E-state index contributed by atoms with van der Waals surface area (Å²) in [5, 5.41) is 6.93. The van der Waals surface area contributed by atoms with E-state index in [0.29, 0.717) is 27.8 Å². The highest BCUT2D eigenvalue weighted by atomic mass is 35.5. The molecule has 1 heterocycles. The van der Waals surface area contributed by atoms with Crippen molar-refractivity contribution in [1.82, 2.24) is 5.16 Å². The van der Waals surface area contributed by atoms with E-state index in [0.717, 1.165) is 0 Å². The van der Waals surface area contributed by atoms with Crippen molar-refractivity contribution in [3.05, 3.63) is 70.6 Å². The first kappa shape index (κ1) is 19.6. The van der Waals surface area contributed by atoms with Crippen LogP contribution in [0.15, 0.2) is 53.1 Å². The molecule has 1 amide bonds. The Bertz CT molecular complexity index is 961. The molecule has 2 aromatic carbocycles. The minimum Gasteiger partial charge on any atom is -0.489 e. The Morgan fingerprint density at radius 1 is 1.21 bits per heavy atom. The Hall–Kier alpha value is -3.13. The largest absolute Gasteiger partial charge is 0.489 e. The predicted octanol–water partition coefficient (Wildman–Crippen LogP) is 5.07. The molecule has 0 aliphatic carbocycles. The number of nitrogens with zero attached hydrogens (tertiary/aromatic N) is 1. The topological polar surface area (TPSA) is 73.6 Å². The number of ether oxygens (including phenoxy) is 2. The zero-order valence-electron chi connectivity index (χ0n) is 14.6. The van der Waals surface area contributed by atoms with Gasteiger partial charge in [-0.05, 0) is 49.4 Å². The molecule has 3 rings (SSSR count). The highest BCUT2D eigenvalue weighted by Crippen LogP contribution is 2.22. The van der Waals surface area contributed by atoms with Crippen molar-refractivity contribution >= 4 is 23.2 Å². The number of carbonyl (C=O) groups excluding carboxylic acids is 1. The number of benzene rings is 2. The number of amides is 1. The molecule has 0 bridgehead atoms. The number of aryl methyl sites for hydroxylation is 1. The van der Waals surface area contributed by atoms with Gasteiger partial charge in [0, 0.05) is 10.7 Å². The molecule has 1 aromatic heterocycles. The average Bonchev–Trinajstić information content (AvgIpc) is 3.02. The van der Waals surface area contributed by atoms with Crippen molar-refractivity contribution < 1.29 is 27.6 Å². The van der Waals surface area contributed by atoms with Crippen LogP contribution in [0.1, 0.15) is 21.8 Å². The third-order valence-corrected chi connectivity index (χ3v) is 3.95. The maximum Gasteiger partial charge on any atom is 0.387 e. The van der Waals surface area contributed by atoms with Gasteiger partial charge in [0.1, 0.15) is 23.9 Å². The van der Waals surface area contributed by atoms with Crippen LogP contribution in [0.5, 0.6) is 11.5 Å². The molecule has 28 heavy (non-hydrogen) atoms. The van der Waals surface area contributed by atoms with E-state index in [1.165, 1.54) is 24.3 Å². The van der Waals surface area contributed by atoms with E-state index in [-0.39, 0.29) is 18.1 Å². The van der Waals surface area contributed by atoms with Crippen molar-refractivity contribution in [2.75, 3.05) is 5.32 Å². The molecule has 0 radical (unpaired) electrons. The molecule has 0 fully saturated rings. The summed E-state index contributed by atoms with van der Waals surface area (Å²) in [6.45, 7) is -1.20. The van der Waals surface area contributed by atoms with E-state index in [1.54, 1.807) is 31.2 Å². The lowest BCUT2D eigenvalue weighted by atomic mass is 10.2. The molecule has 0 unspecified atom stereocenters. The standard InChI is InChI=1S/C19H15ClF2N2O4/c1-11-16(10-26-15-4-2-3-12(20)9-15)17(24-28-11)18(25)23-13-5-7-14(8-6-13)27-19(21)22/h2-9,19H,10H2,1H3,(H,23,25). The van der Waals surface area contributed by atoms with E-state index in [2.05, 4.69) is 15.2 Å². The smallest absolute Gasteiger partial charge is 0.387 e. The predicted molar refractivity (Wildman–Crippen MR) is 98.1 cm³/mol. The first-order valence-corrected chi connectivity index (χ1v) is 8.50. The first-order valence-electron chi connectivity index (χ1n) is 8.12. The lowest BCUT2D eigenvalue weighted by Gasteiger charge is -2.08. The summed E-state index contributed by atoms with van der Waals surface area (Å²) in [7, 11) is 0. The highest BCUT2D eigenvalue weighted by molar-refractivity contribution is 6.30. The van der Waals surface area contributed by atoms with Crippen LogP contribution in [0.4, 0.5) is 14.5 Å². The molecule has 3 aromatic rings. The Morgan fingerprint density at radius 3 is 2.64 bits per heavy atom. The molecule has 0 saturated carbocycles. The molecule has 0 spiro atoms. The van der Waals surface area contributed by atoms with Gasteiger partial charge in [0.2, 0.25) is 0 Å². The zero-order valence-corrected chi connectivity index (χ0v) is 15.4. The van der Waals surface area contributed by atoms with Crippen LogP contribution in [0.2, 0.25) is 5.02 Å². The summed E-state index contributed by atoms with van der Waals surface area (Å²) in [5.74, 6) is 0.437. The van der Waals surface area contributed by atoms with Crippen LogP contribution >= 0.6 is 11.6 Å². The van der Waals surface area contributed by atoms with Crippen LogP contribution in [-0.4, -0.2) is 17.7 Å². The number of halogens is 3. The molecule has 9 heteroatoms. The van der Waals surface area contributed by atoms with Crippen LogP contribution < -0.4 is 14.8 Å². The number of alkyl halides is 2. The third kappa shape index (κ3) is 4.98. The van der Waals surface area contributed by atoms with E-state index in [9.17, 15) is 13.6 Å². The van der Waals surface area contributed by atoms with Crippen molar-refractivity contribution in [3.8, 4) is 11.5 Å². The van der Waals surface area contributed by atoms with Gasteiger partial charge in [0.05, 0.1) is 5.56 Å². The normalized spacial score (nSPS) is 10.8. The van der Waals surface area contributed by atoms with Gasteiger partial charge in [-0.25, -0.2) is 0 Å². The second-order valence-corrected chi connectivity index (χ2v) is 6.11. The van der Waals surface area contributed by atoms with Crippen LogP contribution in [0.25, 0.3) is 0 Å². The lowest BCUT2D eigenvalue weighted by molar-refractivity contribution is -0.0498. The van der Waals surface area contributed by atoms with Crippen LogP contribution in [-0.2, 0) is 6.61 Å². The fourth-order valence-corrected chi connectivity index (χ4v) is 2.54. The lowest BCUT2D eigenvalue weighted by Crippen LogP contribution is -2.15. The summed E-state index contributed by atoms with van der Waals surface area (Å²) in [6, 6.07) is 12.3. The number of hydrogen-bond acceptors (Lipinski definition) is 5. The molecule has 0 saturated heterocycles. The van der Waals surface area contributed by atoms with E-state index in [1.807, 2.05) is 0 Å². The van der Waals surface area contributed by atoms with Gasteiger partial charge in [-0.2, -0.15) is 8.78 Å². The van der Waals surface area contributed by atoms with Gasteiger partial charge in [0.15, 0.2) is 5.69 Å². The summed E-state index contributed by atoms with van der Waals surface area (Å²) < 4.78 is 39.4. The fraction of sp³-hybridized carbons (Fsp3) is 0.158. The summed E-state index contributed by atoms with van der Waals surface area (Å²) >= 11 is 5.92. The molecule has 0 atom stereocenters. The SMILES string of the molecule is Cc1onc(C(=O)Nc2ccc(OC(F)F)cc2)c1COc1cccc(Cl)c1. The Balaban J connectivity index is 1.68. The number of nitrogens with one attached hydrogen (secondary N) is 1. The molecule has 0 aliphatic rings. The number of hydrogen-bond donors (Lipinski definition) is 1. The van der Waals surface area contributed by atoms with Crippen molar-refractivity contribution in [2.45, 2.75) is 20.1 Å². The number of carbonyl (C=O) groups is 1. The van der Waals surface area contributed by atoms with Gasteiger partial charge in [-0.1, -0.05) is 22.8 Å². The molecular weight excluding hydrogens is 394 g/mol. The third-order valence-electron chi connectivity index (χ3n) is 3.72. The van der Waals surface area contributed by atoms with E-state index in [4.69, 9.17) is 20.9 Å². The van der Waals surface area contributed by atoms with Crippen molar-refractivity contribution in [1.29, 1.82) is 0 Å².